The van der Waals surface area contributed by atoms with E-state index in [1.54, 1.807) is 20.3 Å². The molecule has 3 aromatic carbocycles. The molecule has 1 amide bonds. The molecule has 1 saturated heterocycles. The molecule has 204 valence electrons. The van der Waals surface area contributed by atoms with Crippen LogP contribution in [0.3, 0.4) is 0 Å². The Labute approximate surface area is 232 Å². The zero-order valence-corrected chi connectivity index (χ0v) is 23.3. The summed E-state index contributed by atoms with van der Waals surface area (Å²) in [6.07, 6.45) is 1.74. The molecule has 1 aliphatic rings. The van der Waals surface area contributed by atoms with Gasteiger partial charge in [0, 0.05) is 44.7 Å². The van der Waals surface area contributed by atoms with Crippen LogP contribution in [-0.4, -0.2) is 63.9 Å². The number of amides is 1. The van der Waals surface area contributed by atoms with Crippen molar-refractivity contribution in [1.29, 1.82) is 0 Å². The molecule has 1 aliphatic heterocycles. The second-order valence-corrected chi connectivity index (χ2v) is 9.31. The number of piperidine rings is 1. The van der Waals surface area contributed by atoms with Crippen molar-refractivity contribution >= 4 is 18.3 Å². The van der Waals surface area contributed by atoms with Crippen molar-refractivity contribution in [3.63, 3.8) is 0 Å². The third-order valence-corrected chi connectivity index (χ3v) is 7.03. The summed E-state index contributed by atoms with van der Waals surface area (Å²) in [7, 11) is 3.28. The third kappa shape index (κ3) is 7.07. The summed E-state index contributed by atoms with van der Waals surface area (Å²) in [6.45, 7) is 5.48. The maximum atomic E-state index is 13.9. The van der Waals surface area contributed by atoms with Crippen LogP contribution in [-0.2, 0) is 4.74 Å². The Morgan fingerprint density at radius 2 is 1.74 bits per heavy atom. The van der Waals surface area contributed by atoms with E-state index < -0.39 is 0 Å². The zero-order chi connectivity index (χ0) is 26.0. The molecule has 6 nitrogen and oxygen atoms in total. The van der Waals surface area contributed by atoms with Crippen molar-refractivity contribution in [2.75, 3.05) is 47.1 Å². The predicted octanol–water partition coefficient (Wildman–Crippen LogP) is 5.81. The number of carbonyl (C=O) groups is 1. The Morgan fingerprint density at radius 1 is 0.947 bits per heavy atom. The molecule has 0 radical (unpaired) electrons. The number of ether oxygens (including phenoxy) is 3. The maximum absolute atomic E-state index is 13.9. The van der Waals surface area contributed by atoms with E-state index >= 15 is 0 Å². The molecule has 4 rings (SSSR count). The number of hydrogen-bond donors (Lipinski definition) is 1. The van der Waals surface area contributed by atoms with E-state index in [0.717, 1.165) is 25.9 Å². The Hall–Kier alpha value is -3.06. The van der Waals surface area contributed by atoms with Crippen LogP contribution in [0.2, 0.25) is 0 Å². The molecule has 3 aromatic rings. The first-order valence-corrected chi connectivity index (χ1v) is 13.1. The van der Waals surface area contributed by atoms with Gasteiger partial charge in [0.05, 0.1) is 19.8 Å². The van der Waals surface area contributed by atoms with Crippen LogP contribution in [0, 0.1) is 0 Å². The third-order valence-electron chi connectivity index (χ3n) is 7.03. The molecule has 38 heavy (non-hydrogen) atoms. The van der Waals surface area contributed by atoms with Crippen LogP contribution >= 0.6 is 12.4 Å². The van der Waals surface area contributed by atoms with Crippen molar-refractivity contribution in [2.24, 2.45) is 0 Å². The lowest BCUT2D eigenvalue weighted by Crippen LogP contribution is -2.52. The lowest BCUT2D eigenvalue weighted by Gasteiger charge is -2.40. The van der Waals surface area contributed by atoms with Gasteiger partial charge in [0.15, 0.2) is 11.5 Å². The minimum atomic E-state index is 0. The quantitative estimate of drug-likeness (QED) is 0.312. The fourth-order valence-corrected chi connectivity index (χ4v) is 5.14. The Morgan fingerprint density at radius 3 is 2.47 bits per heavy atom. The summed E-state index contributed by atoms with van der Waals surface area (Å²) in [5.41, 5.74) is 4.28. The van der Waals surface area contributed by atoms with E-state index in [2.05, 4.69) is 60.8 Å². The second kappa shape index (κ2) is 14.8. The van der Waals surface area contributed by atoms with Gasteiger partial charge in [-0.2, -0.15) is 0 Å². The summed E-state index contributed by atoms with van der Waals surface area (Å²) in [5, 5.41) is 3.52. The highest BCUT2D eigenvalue weighted by molar-refractivity contribution is 5.95. The van der Waals surface area contributed by atoms with Crippen molar-refractivity contribution < 1.29 is 19.0 Å². The Bertz CT molecular complexity index is 1160. The number of nitrogens with zero attached hydrogens (tertiary/aromatic N) is 1. The van der Waals surface area contributed by atoms with Gasteiger partial charge in [-0.15, -0.1) is 12.4 Å². The van der Waals surface area contributed by atoms with Crippen molar-refractivity contribution in [2.45, 2.75) is 31.7 Å². The van der Waals surface area contributed by atoms with Gasteiger partial charge in [0.25, 0.3) is 5.91 Å². The normalized spacial score (nSPS) is 16.8. The van der Waals surface area contributed by atoms with Crippen molar-refractivity contribution in [3.8, 4) is 22.6 Å². The number of methoxy groups -OCH3 is 2. The lowest BCUT2D eigenvalue weighted by atomic mass is 9.83. The second-order valence-electron chi connectivity index (χ2n) is 9.31. The van der Waals surface area contributed by atoms with Gasteiger partial charge in [-0.05, 0) is 54.8 Å². The number of likely N-dealkylation sites (N-methyl/N-ethyl adjacent to an activating group) is 1. The van der Waals surface area contributed by atoms with Crippen LogP contribution in [0.1, 0.15) is 41.6 Å². The summed E-state index contributed by atoms with van der Waals surface area (Å²) < 4.78 is 16.5. The SMILES string of the molecule is CCN(C(=O)c1ccc(OC)c(OCCCOC)c1)C1CNCC[C@@H]1c1cccc(-c2ccccc2)c1.Cl. The maximum Gasteiger partial charge on any atom is 0.254 e. The minimum Gasteiger partial charge on any atom is -0.493 e. The lowest BCUT2D eigenvalue weighted by molar-refractivity contribution is 0.0633. The molecule has 0 aliphatic carbocycles. The molecule has 0 saturated carbocycles. The van der Waals surface area contributed by atoms with Crippen LogP contribution in [0.5, 0.6) is 11.5 Å². The molecular weight excluding hydrogens is 500 g/mol. The molecule has 0 spiro atoms. The minimum absolute atomic E-state index is 0. The average molecular weight is 539 g/mol. The van der Waals surface area contributed by atoms with Crippen LogP contribution in [0.15, 0.2) is 72.8 Å². The van der Waals surface area contributed by atoms with Gasteiger partial charge in [-0.25, -0.2) is 0 Å². The number of benzene rings is 3. The molecule has 1 unspecified atom stereocenters. The monoisotopic (exact) mass is 538 g/mol. The predicted molar refractivity (Wildman–Crippen MR) is 155 cm³/mol. The topological polar surface area (TPSA) is 60.0 Å². The largest absolute Gasteiger partial charge is 0.493 e. The molecular formula is C31H39ClN2O4. The fourth-order valence-electron chi connectivity index (χ4n) is 5.14. The molecule has 1 heterocycles. The smallest absolute Gasteiger partial charge is 0.254 e. The van der Waals surface area contributed by atoms with E-state index in [1.165, 1.54) is 16.7 Å². The summed E-state index contributed by atoms with van der Waals surface area (Å²) >= 11 is 0. The van der Waals surface area contributed by atoms with Gasteiger partial charge in [0.2, 0.25) is 0 Å². The van der Waals surface area contributed by atoms with E-state index in [0.29, 0.717) is 36.8 Å². The first kappa shape index (κ1) is 29.5. The number of hydrogen-bond acceptors (Lipinski definition) is 5. The Kier molecular flexibility index (Phi) is 11.5. The van der Waals surface area contributed by atoms with Gasteiger partial charge in [-0.3, -0.25) is 4.79 Å². The molecule has 0 aromatic heterocycles. The number of nitrogens with one attached hydrogen (secondary N) is 1. The highest BCUT2D eigenvalue weighted by Crippen LogP contribution is 2.34. The zero-order valence-electron chi connectivity index (χ0n) is 22.5. The van der Waals surface area contributed by atoms with Crippen LogP contribution < -0.4 is 14.8 Å². The first-order chi connectivity index (χ1) is 18.2. The molecule has 1 N–H and O–H groups in total. The van der Waals surface area contributed by atoms with Gasteiger partial charge >= 0.3 is 0 Å². The van der Waals surface area contributed by atoms with Gasteiger partial charge in [0.1, 0.15) is 0 Å². The number of carbonyl (C=O) groups excluding carboxylic acids is 1. The van der Waals surface area contributed by atoms with E-state index in [4.69, 9.17) is 14.2 Å². The molecule has 7 heteroatoms. The van der Waals surface area contributed by atoms with Gasteiger partial charge in [-0.1, -0.05) is 54.6 Å². The summed E-state index contributed by atoms with van der Waals surface area (Å²) in [4.78, 5) is 15.9. The van der Waals surface area contributed by atoms with E-state index in [9.17, 15) is 4.79 Å². The highest BCUT2D eigenvalue weighted by Gasteiger charge is 2.34. The van der Waals surface area contributed by atoms with Gasteiger partial charge < -0.3 is 24.4 Å². The van der Waals surface area contributed by atoms with E-state index in [-0.39, 0.29) is 30.3 Å². The Balaban J connectivity index is 0.00000400. The molecule has 1 fully saturated rings. The molecule has 2 atom stereocenters. The van der Waals surface area contributed by atoms with E-state index in [1.807, 2.05) is 23.1 Å². The van der Waals surface area contributed by atoms with Crippen molar-refractivity contribution in [3.05, 3.63) is 83.9 Å². The standard InChI is InChI=1S/C31H38N2O4.ClH/c1-4-33(31(34)26-14-15-29(36-3)30(21-26)37-19-9-18-35-2)28-22-32-17-16-27(28)25-13-8-12-24(20-25)23-10-6-5-7-11-23;/h5-8,10-15,20-21,27-28,32H,4,9,16-19,22H2,1-3H3;1H/t27-,28?;/m1./s1. The average Bonchev–Trinajstić information content (AvgIpc) is 2.96. The van der Waals surface area contributed by atoms with Crippen LogP contribution in [0.25, 0.3) is 11.1 Å². The fraction of sp³-hybridized carbons (Fsp3) is 0.387. The molecule has 0 bridgehead atoms. The first-order valence-electron chi connectivity index (χ1n) is 13.1. The highest BCUT2D eigenvalue weighted by atomic mass is 35.5. The number of halogens is 1. The van der Waals surface area contributed by atoms with Crippen LogP contribution in [0.4, 0.5) is 0 Å². The summed E-state index contributed by atoms with van der Waals surface area (Å²) in [5.74, 6) is 1.45. The van der Waals surface area contributed by atoms with Crippen molar-refractivity contribution in [1.82, 2.24) is 10.2 Å². The summed E-state index contributed by atoms with van der Waals surface area (Å²) in [6, 6.07) is 24.7. The number of rotatable bonds is 11.